The maximum absolute atomic E-state index is 12.5. The molecule has 1 atom stereocenters. The lowest BCUT2D eigenvalue weighted by Crippen LogP contribution is -2.26. The van der Waals surface area contributed by atoms with Gasteiger partial charge in [0.25, 0.3) is 0 Å². The normalized spacial score (nSPS) is 12.0. The third-order valence-electron chi connectivity index (χ3n) is 3.21. The van der Waals surface area contributed by atoms with Gasteiger partial charge in [-0.3, -0.25) is 9.59 Å². The van der Waals surface area contributed by atoms with Gasteiger partial charge in [0.2, 0.25) is 5.91 Å². The second-order valence-electron chi connectivity index (χ2n) is 6.01. The highest BCUT2D eigenvalue weighted by atomic mass is 32.2. The smallest absolute Gasteiger partial charge is 0.335 e. The molecule has 126 valence electrons. The molecule has 2 N–H and O–H groups in total. The predicted octanol–water partition coefficient (Wildman–Crippen LogP) is 3.57. The molecule has 1 unspecified atom stereocenters. The highest BCUT2D eigenvalue weighted by Gasteiger charge is 2.21. The van der Waals surface area contributed by atoms with Crippen LogP contribution in [-0.2, 0) is 9.59 Å². The van der Waals surface area contributed by atoms with E-state index >= 15 is 0 Å². The van der Waals surface area contributed by atoms with E-state index in [1.54, 1.807) is 19.1 Å². The van der Waals surface area contributed by atoms with Crippen LogP contribution >= 0.6 is 11.8 Å². The molecule has 0 spiro atoms. The lowest BCUT2D eigenvalue weighted by molar-refractivity contribution is -0.119. The number of carboxylic acid groups (broad SMARTS) is 1. The maximum Gasteiger partial charge on any atom is 0.335 e. The zero-order valence-corrected chi connectivity index (χ0v) is 14.7. The third-order valence-corrected chi connectivity index (χ3v) is 4.18. The van der Waals surface area contributed by atoms with Crippen molar-refractivity contribution in [1.82, 2.24) is 0 Å². The first-order chi connectivity index (χ1) is 10.7. The molecule has 0 aromatic heterocycles. The molecular formula is C17H23NO4S. The number of benzene rings is 1. The summed E-state index contributed by atoms with van der Waals surface area (Å²) in [6.07, 6.45) is 0.670. The number of nitrogens with one attached hydrogen (secondary N) is 1. The number of carboxylic acids is 1. The first kappa shape index (κ1) is 19.2. The average Bonchev–Trinajstić information content (AvgIpc) is 2.41. The zero-order valence-electron chi connectivity index (χ0n) is 13.9. The number of carbonyl (C=O) groups excluding carboxylic acids is 2. The Kier molecular flexibility index (Phi) is 7.29. The van der Waals surface area contributed by atoms with Gasteiger partial charge in [0.15, 0.2) is 5.12 Å². The second-order valence-corrected chi connectivity index (χ2v) is 7.21. The summed E-state index contributed by atoms with van der Waals surface area (Å²) in [6, 6.07) is 4.72. The number of aryl methyl sites for hydroxylation is 1. The zero-order chi connectivity index (χ0) is 17.6. The van der Waals surface area contributed by atoms with Gasteiger partial charge in [-0.15, -0.1) is 0 Å². The van der Waals surface area contributed by atoms with E-state index in [9.17, 15) is 14.4 Å². The summed E-state index contributed by atoms with van der Waals surface area (Å²) in [5, 5.41) is 11.8. The first-order valence-corrected chi connectivity index (χ1v) is 8.46. The number of carbonyl (C=O) groups is 3. The van der Waals surface area contributed by atoms with Gasteiger partial charge in [0.1, 0.15) is 0 Å². The van der Waals surface area contributed by atoms with Crippen LogP contribution < -0.4 is 5.32 Å². The number of hydrogen-bond donors (Lipinski definition) is 2. The molecule has 5 nitrogen and oxygen atoms in total. The van der Waals surface area contributed by atoms with E-state index in [2.05, 4.69) is 5.32 Å². The van der Waals surface area contributed by atoms with Gasteiger partial charge in [0, 0.05) is 24.3 Å². The van der Waals surface area contributed by atoms with E-state index < -0.39 is 5.97 Å². The SMILES string of the molecule is CC(=O)SCC(CC(C)C)C(=O)Nc1cc(C)cc(C(=O)O)c1. The molecule has 0 saturated heterocycles. The molecule has 0 aliphatic rings. The summed E-state index contributed by atoms with van der Waals surface area (Å²) in [6.45, 7) is 7.30. The third kappa shape index (κ3) is 6.86. The Morgan fingerprint density at radius 1 is 1.22 bits per heavy atom. The Labute approximate surface area is 140 Å². The maximum atomic E-state index is 12.5. The van der Waals surface area contributed by atoms with Crippen molar-refractivity contribution in [3.05, 3.63) is 29.3 Å². The van der Waals surface area contributed by atoms with Crippen LogP contribution in [0.15, 0.2) is 18.2 Å². The number of hydrogen-bond acceptors (Lipinski definition) is 4. The summed E-state index contributed by atoms with van der Waals surface area (Å²) >= 11 is 1.14. The van der Waals surface area contributed by atoms with Crippen LogP contribution in [-0.4, -0.2) is 27.9 Å². The lowest BCUT2D eigenvalue weighted by Gasteiger charge is -2.18. The Hall–Kier alpha value is -1.82. The molecule has 0 saturated carbocycles. The number of aromatic carboxylic acids is 1. The fraction of sp³-hybridized carbons (Fsp3) is 0.471. The molecule has 1 amide bonds. The van der Waals surface area contributed by atoms with Gasteiger partial charge in [-0.2, -0.15) is 0 Å². The molecule has 0 fully saturated rings. The van der Waals surface area contributed by atoms with Crippen molar-refractivity contribution < 1.29 is 19.5 Å². The summed E-state index contributed by atoms with van der Waals surface area (Å²) < 4.78 is 0. The van der Waals surface area contributed by atoms with Crippen molar-refractivity contribution in [1.29, 1.82) is 0 Å². The monoisotopic (exact) mass is 337 g/mol. The molecule has 0 heterocycles. The number of amides is 1. The highest BCUT2D eigenvalue weighted by Crippen LogP contribution is 2.21. The fourth-order valence-electron chi connectivity index (χ4n) is 2.26. The lowest BCUT2D eigenvalue weighted by atomic mass is 9.98. The van der Waals surface area contributed by atoms with E-state index in [1.807, 2.05) is 13.8 Å². The molecule has 0 bridgehead atoms. The van der Waals surface area contributed by atoms with Gasteiger partial charge in [-0.25, -0.2) is 4.79 Å². The topological polar surface area (TPSA) is 83.5 Å². The molecule has 0 aliphatic carbocycles. The van der Waals surface area contributed by atoms with E-state index in [0.717, 1.165) is 17.3 Å². The van der Waals surface area contributed by atoms with Crippen molar-refractivity contribution in [2.24, 2.45) is 11.8 Å². The highest BCUT2D eigenvalue weighted by molar-refractivity contribution is 8.13. The van der Waals surface area contributed by atoms with Crippen LogP contribution in [0.5, 0.6) is 0 Å². The van der Waals surface area contributed by atoms with Crippen molar-refractivity contribution in [3.63, 3.8) is 0 Å². The van der Waals surface area contributed by atoms with Crippen LogP contribution in [0.4, 0.5) is 5.69 Å². The molecular weight excluding hydrogens is 314 g/mol. The van der Waals surface area contributed by atoms with Crippen LogP contribution in [0, 0.1) is 18.8 Å². The van der Waals surface area contributed by atoms with Gasteiger partial charge < -0.3 is 10.4 Å². The average molecular weight is 337 g/mol. The van der Waals surface area contributed by atoms with E-state index in [-0.39, 0.29) is 22.5 Å². The molecule has 1 rings (SSSR count). The van der Waals surface area contributed by atoms with Crippen LogP contribution in [0.1, 0.15) is 43.1 Å². The van der Waals surface area contributed by atoms with Crippen molar-refractivity contribution in [2.45, 2.75) is 34.1 Å². The van der Waals surface area contributed by atoms with Crippen molar-refractivity contribution in [2.75, 3.05) is 11.1 Å². The van der Waals surface area contributed by atoms with Gasteiger partial charge in [0.05, 0.1) is 5.56 Å². The van der Waals surface area contributed by atoms with E-state index in [1.165, 1.54) is 13.0 Å². The predicted molar refractivity (Wildman–Crippen MR) is 92.9 cm³/mol. The van der Waals surface area contributed by atoms with Crippen LogP contribution in [0.2, 0.25) is 0 Å². The minimum atomic E-state index is -1.03. The first-order valence-electron chi connectivity index (χ1n) is 7.48. The Morgan fingerprint density at radius 3 is 2.39 bits per heavy atom. The number of thioether (sulfide) groups is 1. The fourth-order valence-corrected chi connectivity index (χ4v) is 2.98. The summed E-state index contributed by atoms with van der Waals surface area (Å²) in [5.41, 5.74) is 1.37. The Morgan fingerprint density at radius 2 is 1.87 bits per heavy atom. The molecule has 0 radical (unpaired) electrons. The quantitative estimate of drug-likeness (QED) is 0.794. The number of anilines is 1. The molecule has 1 aromatic rings. The van der Waals surface area contributed by atoms with Gasteiger partial charge in [-0.05, 0) is 43.0 Å². The van der Waals surface area contributed by atoms with Crippen LogP contribution in [0.3, 0.4) is 0 Å². The minimum Gasteiger partial charge on any atom is -0.478 e. The molecule has 6 heteroatoms. The molecule has 0 aliphatic heterocycles. The summed E-state index contributed by atoms with van der Waals surface area (Å²) in [4.78, 5) is 34.7. The standard InChI is InChI=1S/C17H23NO4S/c1-10(2)5-14(9-23-12(4)19)16(20)18-15-7-11(3)6-13(8-15)17(21)22/h6-8,10,14H,5,9H2,1-4H3,(H,18,20)(H,21,22). The Balaban J connectivity index is 2.88. The molecule has 1 aromatic carbocycles. The van der Waals surface area contributed by atoms with Gasteiger partial charge in [-0.1, -0.05) is 25.6 Å². The van der Waals surface area contributed by atoms with Crippen molar-refractivity contribution in [3.8, 4) is 0 Å². The van der Waals surface area contributed by atoms with Gasteiger partial charge >= 0.3 is 5.97 Å². The van der Waals surface area contributed by atoms with Crippen LogP contribution in [0.25, 0.3) is 0 Å². The van der Waals surface area contributed by atoms with E-state index in [4.69, 9.17) is 5.11 Å². The van der Waals surface area contributed by atoms with E-state index in [0.29, 0.717) is 23.8 Å². The molecule has 23 heavy (non-hydrogen) atoms. The minimum absolute atomic E-state index is 0.0183. The summed E-state index contributed by atoms with van der Waals surface area (Å²) in [5.74, 6) is -0.760. The number of rotatable bonds is 7. The second kappa shape index (κ2) is 8.72. The Bertz CT molecular complexity index is 598. The summed E-state index contributed by atoms with van der Waals surface area (Å²) in [7, 11) is 0. The van der Waals surface area contributed by atoms with Crippen molar-refractivity contribution >= 4 is 34.4 Å². The largest absolute Gasteiger partial charge is 0.478 e.